The maximum absolute atomic E-state index is 2.35. The van der Waals surface area contributed by atoms with Crippen molar-refractivity contribution in [3.05, 3.63) is 41.2 Å². The third-order valence-electron chi connectivity index (χ3n) is 2.52. The van der Waals surface area contributed by atoms with Crippen molar-refractivity contribution in [1.29, 1.82) is 0 Å². The molecule has 0 amide bonds. The Morgan fingerprint density at radius 2 is 2.00 bits per heavy atom. The van der Waals surface area contributed by atoms with E-state index in [4.69, 9.17) is 0 Å². The van der Waals surface area contributed by atoms with Gasteiger partial charge in [0, 0.05) is 5.12 Å². The van der Waals surface area contributed by atoms with Crippen LogP contribution >= 0.6 is 8.19 Å². The summed E-state index contributed by atoms with van der Waals surface area (Å²) in [4.78, 5) is 0. The van der Waals surface area contributed by atoms with Gasteiger partial charge in [-0.2, -0.15) is 0 Å². The van der Waals surface area contributed by atoms with Crippen LogP contribution in [0, 0.1) is 0 Å². The molecule has 0 saturated carbocycles. The second-order valence-corrected chi connectivity index (χ2v) is 4.53. The van der Waals surface area contributed by atoms with Crippen LogP contribution in [0.2, 0.25) is 0 Å². The number of hydrogen-bond donors (Lipinski definition) is 0. The fourth-order valence-corrected chi connectivity index (χ4v) is 2.97. The van der Waals surface area contributed by atoms with E-state index in [-0.39, 0.29) is 0 Å². The fourth-order valence-electron chi connectivity index (χ4n) is 1.71. The molecule has 0 fully saturated rings. The minimum Gasteiger partial charge on any atom is -0.0640 e. The molecular weight excluding hydrogens is 163 g/mol. The molecule has 0 spiro atoms. The standard InChI is InChI=1S/C11H9P/c1-2-4-10-8(3-1)7-9-5-6-11(9)12-10/h1-4,7H,5-6H2. The van der Waals surface area contributed by atoms with Crippen molar-refractivity contribution in [2.24, 2.45) is 0 Å². The Labute approximate surface area is 73.3 Å². The van der Waals surface area contributed by atoms with E-state index >= 15 is 0 Å². The molecule has 1 aliphatic rings. The van der Waals surface area contributed by atoms with E-state index in [0.717, 1.165) is 0 Å². The number of fused-ring (bicyclic) bond motifs is 2. The zero-order chi connectivity index (χ0) is 7.97. The van der Waals surface area contributed by atoms with E-state index < -0.39 is 0 Å². The lowest BCUT2D eigenvalue weighted by Crippen LogP contribution is -2.04. The van der Waals surface area contributed by atoms with E-state index in [1.54, 1.807) is 10.9 Å². The Bertz CT molecular complexity index is 403. The SMILES string of the molecule is c1ccc2pc3c(cc2c1)CC3. The van der Waals surface area contributed by atoms with Crippen LogP contribution in [0.15, 0.2) is 30.3 Å². The Morgan fingerprint density at radius 3 is 2.83 bits per heavy atom. The van der Waals surface area contributed by atoms with Crippen LogP contribution < -0.4 is 0 Å². The van der Waals surface area contributed by atoms with Gasteiger partial charge in [-0.05, 0) is 35.2 Å². The van der Waals surface area contributed by atoms with Gasteiger partial charge < -0.3 is 0 Å². The van der Waals surface area contributed by atoms with Gasteiger partial charge in [-0.1, -0.05) is 32.5 Å². The van der Waals surface area contributed by atoms with Crippen LogP contribution in [0.1, 0.15) is 10.9 Å². The van der Waals surface area contributed by atoms with Crippen molar-refractivity contribution >= 4 is 18.7 Å². The fraction of sp³-hybridized carbons (Fsp3) is 0.182. The minimum atomic E-state index is 1.30. The summed E-state index contributed by atoms with van der Waals surface area (Å²) >= 11 is 0. The molecule has 2 aromatic rings. The molecule has 3 rings (SSSR count). The van der Waals surface area contributed by atoms with Gasteiger partial charge in [0.25, 0.3) is 0 Å². The molecule has 58 valence electrons. The summed E-state index contributed by atoms with van der Waals surface area (Å²) in [7, 11) is 1.46. The topological polar surface area (TPSA) is 0 Å². The summed E-state index contributed by atoms with van der Waals surface area (Å²) in [6.45, 7) is 0. The van der Waals surface area contributed by atoms with Crippen molar-refractivity contribution < 1.29 is 0 Å². The van der Waals surface area contributed by atoms with Crippen LogP contribution in [0.4, 0.5) is 0 Å². The lowest BCUT2D eigenvalue weighted by Gasteiger charge is -2.18. The first-order valence-corrected chi connectivity index (χ1v) is 5.20. The molecule has 1 heterocycles. The van der Waals surface area contributed by atoms with Gasteiger partial charge in [0.05, 0.1) is 0 Å². The Morgan fingerprint density at radius 1 is 1.08 bits per heavy atom. The van der Waals surface area contributed by atoms with E-state index in [2.05, 4.69) is 30.3 Å². The van der Waals surface area contributed by atoms with Gasteiger partial charge in [0.15, 0.2) is 0 Å². The molecule has 1 aromatic heterocycles. The highest BCUT2D eigenvalue weighted by Gasteiger charge is 2.13. The summed E-state index contributed by atoms with van der Waals surface area (Å²) in [5.41, 5.74) is 1.59. The molecule has 1 aliphatic carbocycles. The van der Waals surface area contributed by atoms with Crippen molar-refractivity contribution in [2.45, 2.75) is 12.8 Å². The van der Waals surface area contributed by atoms with Gasteiger partial charge in [-0.3, -0.25) is 0 Å². The highest BCUT2D eigenvalue weighted by Crippen LogP contribution is 2.36. The molecule has 0 atom stereocenters. The molecule has 12 heavy (non-hydrogen) atoms. The van der Waals surface area contributed by atoms with E-state index in [0.29, 0.717) is 0 Å². The summed E-state index contributed by atoms with van der Waals surface area (Å²) < 4.78 is 0. The molecule has 0 radical (unpaired) electrons. The van der Waals surface area contributed by atoms with Crippen LogP contribution in [-0.4, -0.2) is 0 Å². The zero-order valence-electron chi connectivity index (χ0n) is 6.75. The van der Waals surface area contributed by atoms with Crippen LogP contribution in [0.5, 0.6) is 0 Å². The van der Waals surface area contributed by atoms with Crippen molar-refractivity contribution in [3.8, 4) is 0 Å². The molecule has 1 heteroatoms. The quantitative estimate of drug-likeness (QED) is 0.570. The molecule has 0 nitrogen and oxygen atoms in total. The lowest BCUT2D eigenvalue weighted by atomic mass is 9.97. The van der Waals surface area contributed by atoms with Crippen molar-refractivity contribution in [1.82, 2.24) is 0 Å². The van der Waals surface area contributed by atoms with Gasteiger partial charge in [-0.25, -0.2) is 0 Å². The molecule has 0 saturated heterocycles. The van der Waals surface area contributed by atoms with Crippen LogP contribution in [0.3, 0.4) is 0 Å². The monoisotopic (exact) mass is 172 g/mol. The predicted molar refractivity (Wildman–Crippen MR) is 53.9 cm³/mol. The summed E-state index contributed by atoms with van der Waals surface area (Å²) in [6, 6.07) is 11.0. The second-order valence-electron chi connectivity index (χ2n) is 3.29. The molecular formula is C11H9P. The molecule has 0 unspecified atom stereocenters. The highest BCUT2D eigenvalue weighted by atomic mass is 31.0. The van der Waals surface area contributed by atoms with E-state index in [9.17, 15) is 0 Å². The predicted octanol–water partition coefficient (Wildman–Crippen LogP) is 3.52. The number of aryl methyl sites for hydroxylation is 2. The van der Waals surface area contributed by atoms with Gasteiger partial charge in [0.2, 0.25) is 0 Å². The van der Waals surface area contributed by atoms with Crippen LogP contribution in [0.25, 0.3) is 10.5 Å². The first kappa shape index (κ1) is 6.62. The average Bonchev–Trinajstić information content (AvgIpc) is 2.09. The number of benzene rings is 1. The highest BCUT2D eigenvalue weighted by molar-refractivity contribution is 7.37. The smallest absolute Gasteiger partial charge is 0.00930 e. The second kappa shape index (κ2) is 2.31. The Balaban J connectivity index is 2.43. The zero-order valence-corrected chi connectivity index (χ0v) is 7.64. The molecule has 0 aliphatic heterocycles. The molecule has 0 bridgehead atoms. The van der Waals surface area contributed by atoms with E-state index in [1.165, 1.54) is 31.5 Å². The Kier molecular flexibility index (Phi) is 1.27. The lowest BCUT2D eigenvalue weighted by molar-refractivity contribution is 0.869. The first-order chi connectivity index (χ1) is 5.93. The average molecular weight is 172 g/mol. The minimum absolute atomic E-state index is 1.30. The molecule has 1 aromatic carbocycles. The van der Waals surface area contributed by atoms with Gasteiger partial charge >= 0.3 is 0 Å². The largest absolute Gasteiger partial charge is 0.0640 e. The van der Waals surface area contributed by atoms with Crippen LogP contribution in [-0.2, 0) is 12.8 Å². The van der Waals surface area contributed by atoms with Crippen molar-refractivity contribution in [3.63, 3.8) is 0 Å². The maximum Gasteiger partial charge on any atom is 0.00930 e. The van der Waals surface area contributed by atoms with Gasteiger partial charge in [-0.15, -0.1) is 0 Å². The summed E-state index contributed by atoms with van der Waals surface area (Å²) in [6.07, 6.45) is 2.62. The Hall–Kier alpha value is -0.870. The van der Waals surface area contributed by atoms with Crippen molar-refractivity contribution in [2.75, 3.05) is 0 Å². The maximum atomic E-state index is 2.35. The van der Waals surface area contributed by atoms with Gasteiger partial charge in [0.1, 0.15) is 0 Å². The summed E-state index contributed by atoms with van der Waals surface area (Å²) in [5.74, 6) is 0. The summed E-state index contributed by atoms with van der Waals surface area (Å²) in [5, 5.41) is 4.56. The third kappa shape index (κ3) is 0.820. The normalized spacial score (nSPS) is 14.7. The first-order valence-electron chi connectivity index (χ1n) is 4.31. The number of rotatable bonds is 0. The molecule has 0 N–H and O–H groups in total. The number of hydrogen-bond acceptors (Lipinski definition) is 0. The third-order valence-corrected chi connectivity index (χ3v) is 3.95. The van der Waals surface area contributed by atoms with E-state index in [1.807, 2.05) is 0 Å².